The lowest BCUT2D eigenvalue weighted by Gasteiger charge is -2.37. The van der Waals surface area contributed by atoms with Crippen molar-refractivity contribution in [3.63, 3.8) is 0 Å². The number of hydrogen-bond donors (Lipinski definition) is 2. The number of rotatable bonds is 10. The molecule has 2 amide bonds. The summed E-state index contributed by atoms with van der Waals surface area (Å²) in [5.41, 5.74) is 2.04. The Bertz CT molecular complexity index is 2570. The molecule has 0 bridgehead atoms. The van der Waals surface area contributed by atoms with Crippen molar-refractivity contribution in [2.45, 2.75) is 69.2 Å². The topological polar surface area (TPSA) is 153 Å². The number of methoxy groups -OCH3 is 2. The second-order valence-electron chi connectivity index (χ2n) is 16.2. The zero-order chi connectivity index (χ0) is 41.8. The van der Waals surface area contributed by atoms with Crippen LogP contribution in [-0.4, -0.2) is 77.0 Å². The minimum atomic E-state index is -3.18. The van der Waals surface area contributed by atoms with Crippen molar-refractivity contribution in [3.05, 3.63) is 146 Å². The molecule has 3 aliphatic rings. The Morgan fingerprint density at radius 1 is 0.847 bits per heavy atom. The van der Waals surface area contributed by atoms with Gasteiger partial charge in [0, 0.05) is 47.3 Å². The van der Waals surface area contributed by atoms with Crippen molar-refractivity contribution in [2.75, 3.05) is 25.7 Å². The number of carbonyl (C=O) groups is 2. The van der Waals surface area contributed by atoms with Crippen LogP contribution in [0.2, 0.25) is 18.6 Å². The summed E-state index contributed by atoms with van der Waals surface area (Å²) in [5, 5.41) is 10.4. The minimum absolute atomic E-state index is 0.105. The van der Waals surface area contributed by atoms with Crippen LogP contribution in [-0.2, 0) is 39.4 Å². The number of amides is 2. The fourth-order valence-corrected chi connectivity index (χ4v) is 12.1. The number of aliphatic hydroxyl groups is 1. The molecule has 3 aromatic carbocycles. The summed E-state index contributed by atoms with van der Waals surface area (Å²) in [6, 6.07) is 26.7. The van der Waals surface area contributed by atoms with Gasteiger partial charge < -0.3 is 33.9 Å². The van der Waals surface area contributed by atoms with Crippen LogP contribution in [0.25, 0.3) is 11.4 Å². The van der Waals surface area contributed by atoms with E-state index in [2.05, 4.69) is 0 Å². The Morgan fingerprint density at radius 2 is 1.49 bits per heavy atom. The number of fused-ring (bicyclic) bond motifs is 3. The first-order valence-corrected chi connectivity index (χ1v) is 22.8. The van der Waals surface area contributed by atoms with E-state index >= 15 is 4.79 Å². The first-order valence-electron chi connectivity index (χ1n) is 19.8. The standard InChI is InChI=1S/C45H48N4O9Si/c1-28-41(59(4,5)55)39(24-40(51)48-26-31-13-7-6-12-30(31)22-34(48)27-50)58-45(28)35-23-33(47-20-10-16-38(57-3)43(47)53)17-18-36(35)49(44(45)54)25-29-11-8-14-32(21-29)46-19-9-15-37(56-2)42(46)52/h6-21,23,28,34,39,41,50,55H,22,24-27H2,1-5H3/t28-,34-,39+,41-,45+/m0/s1. The summed E-state index contributed by atoms with van der Waals surface area (Å²) in [4.78, 5) is 71.8. The van der Waals surface area contributed by atoms with E-state index in [-0.39, 0.29) is 54.0 Å². The fourth-order valence-electron chi connectivity index (χ4n) is 9.56. The Kier molecular flexibility index (Phi) is 10.5. The molecule has 2 N–H and O–H groups in total. The summed E-state index contributed by atoms with van der Waals surface area (Å²) >= 11 is 0. The van der Waals surface area contributed by atoms with Crippen molar-refractivity contribution in [2.24, 2.45) is 5.92 Å². The normalized spacial score (nSPS) is 22.4. The van der Waals surface area contributed by atoms with Crippen LogP contribution < -0.4 is 25.5 Å². The molecule has 306 valence electrons. The molecule has 2 aromatic heterocycles. The molecule has 5 aromatic rings. The number of benzene rings is 3. The number of aliphatic hydroxyl groups excluding tert-OH is 1. The van der Waals surface area contributed by atoms with Gasteiger partial charge in [-0.1, -0.05) is 43.3 Å². The van der Waals surface area contributed by atoms with Crippen molar-refractivity contribution in [1.29, 1.82) is 0 Å². The smallest absolute Gasteiger partial charge is 0.297 e. The molecule has 1 spiro atoms. The Morgan fingerprint density at radius 3 is 2.12 bits per heavy atom. The van der Waals surface area contributed by atoms with Gasteiger partial charge in [-0.05, 0) is 90.8 Å². The maximum atomic E-state index is 15.4. The van der Waals surface area contributed by atoms with Crippen LogP contribution in [0.4, 0.5) is 5.69 Å². The third-order valence-corrected chi connectivity index (χ3v) is 14.8. The summed E-state index contributed by atoms with van der Waals surface area (Å²) in [7, 11) is -0.310. The van der Waals surface area contributed by atoms with E-state index in [9.17, 15) is 24.3 Å². The highest BCUT2D eigenvalue weighted by molar-refractivity contribution is 6.71. The van der Waals surface area contributed by atoms with Crippen LogP contribution in [0.15, 0.2) is 113 Å². The number of nitrogens with zero attached hydrogens (tertiary/aromatic N) is 4. The molecule has 5 atom stereocenters. The van der Waals surface area contributed by atoms with Gasteiger partial charge in [-0.3, -0.25) is 28.3 Å². The lowest BCUT2D eigenvalue weighted by Crippen LogP contribution is -2.48. The number of aromatic nitrogens is 2. The molecule has 5 heterocycles. The molecule has 1 fully saturated rings. The van der Waals surface area contributed by atoms with Gasteiger partial charge in [0.15, 0.2) is 25.4 Å². The fraction of sp³-hybridized carbons (Fsp3) is 0.333. The van der Waals surface area contributed by atoms with Gasteiger partial charge in [0.05, 0.1) is 51.6 Å². The summed E-state index contributed by atoms with van der Waals surface area (Å²) in [5.74, 6) is -0.860. The third-order valence-electron chi connectivity index (χ3n) is 12.3. The predicted octanol–water partition coefficient (Wildman–Crippen LogP) is 4.69. The van der Waals surface area contributed by atoms with Gasteiger partial charge in [-0.25, -0.2) is 0 Å². The molecular formula is C45H48N4O9Si. The average Bonchev–Trinajstić information content (AvgIpc) is 3.65. The maximum absolute atomic E-state index is 15.4. The van der Waals surface area contributed by atoms with Crippen molar-refractivity contribution in [3.8, 4) is 22.9 Å². The summed E-state index contributed by atoms with van der Waals surface area (Å²) in [6.45, 7) is 5.73. The molecule has 0 aliphatic carbocycles. The molecular weight excluding hydrogens is 769 g/mol. The Balaban J connectivity index is 1.21. The Labute approximate surface area is 342 Å². The molecule has 0 saturated carbocycles. The van der Waals surface area contributed by atoms with Crippen molar-refractivity contribution in [1.82, 2.24) is 14.0 Å². The average molecular weight is 817 g/mol. The lowest BCUT2D eigenvalue weighted by molar-refractivity contribution is -0.151. The van der Waals surface area contributed by atoms with E-state index in [0.717, 1.165) is 16.7 Å². The molecule has 14 heteroatoms. The summed E-state index contributed by atoms with van der Waals surface area (Å²) in [6.07, 6.45) is 2.83. The van der Waals surface area contributed by atoms with E-state index < -0.39 is 37.5 Å². The Hall–Kier alpha value is -5.80. The molecule has 13 nitrogen and oxygen atoms in total. The molecule has 59 heavy (non-hydrogen) atoms. The second-order valence-corrected chi connectivity index (χ2v) is 20.1. The van der Waals surface area contributed by atoms with Crippen LogP contribution in [0.3, 0.4) is 0 Å². The van der Waals surface area contributed by atoms with Crippen LogP contribution >= 0.6 is 0 Å². The zero-order valence-electron chi connectivity index (χ0n) is 33.7. The molecule has 1 saturated heterocycles. The van der Waals surface area contributed by atoms with Gasteiger partial charge in [0.1, 0.15) is 0 Å². The first-order chi connectivity index (χ1) is 28.3. The number of carbonyl (C=O) groups excluding carboxylic acids is 2. The van der Waals surface area contributed by atoms with E-state index in [1.165, 1.54) is 23.4 Å². The van der Waals surface area contributed by atoms with E-state index in [1.54, 1.807) is 83.8 Å². The van der Waals surface area contributed by atoms with E-state index in [4.69, 9.17) is 14.2 Å². The molecule has 3 aliphatic heterocycles. The first kappa shape index (κ1) is 40.0. The van der Waals surface area contributed by atoms with Crippen LogP contribution in [0, 0.1) is 5.92 Å². The number of ether oxygens (including phenoxy) is 3. The van der Waals surface area contributed by atoms with Gasteiger partial charge in [0.25, 0.3) is 17.0 Å². The van der Waals surface area contributed by atoms with Gasteiger partial charge in [-0.15, -0.1) is 0 Å². The largest absolute Gasteiger partial charge is 0.491 e. The number of pyridine rings is 2. The lowest BCUT2D eigenvalue weighted by atomic mass is 9.82. The zero-order valence-corrected chi connectivity index (χ0v) is 34.7. The van der Waals surface area contributed by atoms with E-state index in [1.807, 2.05) is 49.4 Å². The predicted molar refractivity (Wildman–Crippen MR) is 224 cm³/mol. The quantitative estimate of drug-likeness (QED) is 0.192. The van der Waals surface area contributed by atoms with Gasteiger partial charge in [-0.2, -0.15) is 0 Å². The number of anilines is 1. The number of hydrogen-bond acceptors (Lipinski definition) is 9. The minimum Gasteiger partial charge on any atom is -0.491 e. The third kappa shape index (κ3) is 6.79. The monoisotopic (exact) mass is 816 g/mol. The highest BCUT2D eigenvalue weighted by Gasteiger charge is 2.66. The SMILES string of the molecule is COc1cccn(-c2cccc(CN3C(=O)[C@]4(O[C@H](CC(=O)N5Cc6ccccc6C[C@H]5CO)[C@@H]([Si](C)(C)O)[C@@H]4C)c4cc(-n5cccc(OC)c5=O)ccc43)c2)c1=O. The molecule has 8 rings (SSSR count). The maximum Gasteiger partial charge on any atom is 0.297 e. The molecule has 0 radical (unpaired) electrons. The van der Waals surface area contributed by atoms with Crippen molar-refractivity contribution >= 4 is 25.8 Å². The van der Waals surface area contributed by atoms with Crippen LogP contribution in [0.5, 0.6) is 11.5 Å². The van der Waals surface area contributed by atoms with E-state index in [0.29, 0.717) is 35.6 Å². The van der Waals surface area contributed by atoms with Gasteiger partial charge in [0.2, 0.25) is 5.91 Å². The highest BCUT2D eigenvalue weighted by Crippen LogP contribution is 2.60. The van der Waals surface area contributed by atoms with Crippen LogP contribution in [0.1, 0.15) is 35.6 Å². The second kappa shape index (κ2) is 15.4. The van der Waals surface area contributed by atoms with Crippen molar-refractivity contribution < 1.29 is 33.7 Å². The molecule has 0 unspecified atom stereocenters. The van der Waals surface area contributed by atoms with Gasteiger partial charge >= 0.3 is 0 Å². The summed E-state index contributed by atoms with van der Waals surface area (Å²) < 4.78 is 20.6. The highest BCUT2D eigenvalue weighted by atomic mass is 28.4.